The van der Waals surface area contributed by atoms with E-state index in [0.717, 1.165) is 48.2 Å². The quantitative estimate of drug-likeness (QED) is 0.592. The van der Waals surface area contributed by atoms with Crippen molar-refractivity contribution in [3.05, 3.63) is 42.9 Å². The molecule has 0 aromatic carbocycles. The van der Waals surface area contributed by atoms with E-state index in [1.165, 1.54) is 10.6 Å². The first-order chi connectivity index (χ1) is 12.8. The number of hydrogen-bond acceptors (Lipinski definition) is 5. The van der Waals surface area contributed by atoms with E-state index >= 15 is 0 Å². The van der Waals surface area contributed by atoms with Gasteiger partial charge in [-0.15, -0.1) is 0 Å². The van der Waals surface area contributed by atoms with E-state index in [9.17, 15) is 4.39 Å². The molecule has 4 aromatic heterocycles. The van der Waals surface area contributed by atoms with E-state index < -0.39 is 0 Å². The Morgan fingerprint density at radius 3 is 2.96 bits per heavy atom. The average Bonchev–Trinajstić information content (AvgIpc) is 3.26. The van der Waals surface area contributed by atoms with Crippen LogP contribution in [-0.4, -0.2) is 43.6 Å². The minimum Gasteiger partial charge on any atom is -0.381 e. The number of pyridine rings is 1. The zero-order chi connectivity index (χ0) is 17.5. The first kappa shape index (κ1) is 15.3. The molecule has 0 aliphatic carbocycles. The van der Waals surface area contributed by atoms with Gasteiger partial charge in [-0.25, -0.2) is 9.97 Å². The standard InChI is InChI=1S/C18H17FN6O/c19-15-9-20-16-2-1-11(10-25(15)16)13-7-21-17-14(13)8-22-18(24-17)23-12-3-5-26-6-4-12/h1-2,7-10,12H,3-6H2,(H2,21,22,23,24). The highest BCUT2D eigenvalue weighted by molar-refractivity contribution is 5.93. The summed E-state index contributed by atoms with van der Waals surface area (Å²) in [5, 5.41) is 4.26. The number of anilines is 1. The summed E-state index contributed by atoms with van der Waals surface area (Å²) in [6, 6.07) is 4.04. The molecule has 0 saturated carbocycles. The van der Waals surface area contributed by atoms with E-state index in [0.29, 0.717) is 17.6 Å². The van der Waals surface area contributed by atoms with Crippen molar-refractivity contribution in [1.82, 2.24) is 24.3 Å². The summed E-state index contributed by atoms with van der Waals surface area (Å²) in [5.74, 6) is 0.217. The summed E-state index contributed by atoms with van der Waals surface area (Å²) in [4.78, 5) is 16.2. The van der Waals surface area contributed by atoms with Crippen LogP contribution in [0.4, 0.5) is 10.3 Å². The van der Waals surface area contributed by atoms with Crippen molar-refractivity contribution in [2.75, 3.05) is 18.5 Å². The number of aromatic nitrogens is 5. The molecule has 7 nitrogen and oxygen atoms in total. The number of halogens is 1. The molecular weight excluding hydrogens is 335 g/mol. The Kier molecular flexibility index (Phi) is 3.56. The summed E-state index contributed by atoms with van der Waals surface area (Å²) >= 11 is 0. The van der Waals surface area contributed by atoms with Gasteiger partial charge in [0.05, 0.1) is 6.20 Å². The Morgan fingerprint density at radius 1 is 1.19 bits per heavy atom. The van der Waals surface area contributed by atoms with Gasteiger partial charge in [-0.2, -0.15) is 9.37 Å². The molecule has 1 aliphatic heterocycles. The number of ether oxygens (including phenoxy) is 1. The second kappa shape index (κ2) is 6.06. The third-order valence-corrected chi connectivity index (χ3v) is 4.76. The fourth-order valence-corrected chi connectivity index (χ4v) is 3.35. The van der Waals surface area contributed by atoms with E-state index in [2.05, 4.69) is 25.3 Å². The zero-order valence-electron chi connectivity index (χ0n) is 13.9. The number of rotatable bonds is 3. The van der Waals surface area contributed by atoms with Crippen molar-refractivity contribution in [3.8, 4) is 11.1 Å². The van der Waals surface area contributed by atoms with Gasteiger partial charge in [0.1, 0.15) is 11.3 Å². The third kappa shape index (κ3) is 2.59. The molecular formula is C18H17FN6O. The van der Waals surface area contributed by atoms with Crippen LogP contribution in [0, 0.1) is 5.95 Å². The minimum atomic E-state index is -0.388. The fraction of sp³-hybridized carbons (Fsp3) is 0.278. The van der Waals surface area contributed by atoms with Crippen LogP contribution >= 0.6 is 0 Å². The Hall–Kier alpha value is -3.00. The lowest BCUT2D eigenvalue weighted by Crippen LogP contribution is -2.28. The predicted octanol–water partition coefficient (Wildman–Crippen LogP) is 3.00. The maximum Gasteiger partial charge on any atom is 0.224 e. The van der Waals surface area contributed by atoms with E-state index in [1.807, 2.05) is 12.3 Å². The molecule has 4 aromatic rings. The Labute approximate surface area is 148 Å². The monoisotopic (exact) mass is 352 g/mol. The Balaban J connectivity index is 1.49. The maximum atomic E-state index is 13.8. The predicted molar refractivity (Wildman–Crippen MR) is 95.5 cm³/mol. The van der Waals surface area contributed by atoms with Gasteiger partial charge >= 0.3 is 0 Å². The molecule has 5 rings (SSSR count). The molecule has 0 spiro atoms. The van der Waals surface area contributed by atoms with Crippen LogP contribution in [0.2, 0.25) is 0 Å². The molecule has 1 aliphatic rings. The number of nitrogens with zero attached hydrogens (tertiary/aromatic N) is 4. The smallest absolute Gasteiger partial charge is 0.224 e. The molecule has 8 heteroatoms. The highest BCUT2D eigenvalue weighted by Gasteiger charge is 2.16. The third-order valence-electron chi connectivity index (χ3n) is 4.76. The van der Waals surface area contributed by atoms with Crippen LogP contribution in [0.15, 0.2) is 36.9 Å². The van der Waals surface area contributed by atoms with E-state index in [4.69, 9.17) is 4.74 Å². The number of fused-ring (bicyclic) bond motifs is 2. The number of imidazole rings is 1. The van der Waals surface area contributed by atoms with Crippen molar-refractivity contribution < 1.29 is 9.13 Å². The molecule has 0 atom stereocenters. The SMILES string of the molecule is Fc1cnc2ccc(-c3c[nH]c4nc(NC5CCOCC5)ncc34)cn12. The normalized spacial score (nSPS) is 15.7. The number of H-pyrrole nitrogens is 1. The van der Waals surface area contributed by atoms with Crippen LogP contribution < -0.4 is 5.32 Å². The lowest BCUT2D eigenvalue weighted by atomic mass is 10.1. The molecule has 1 saturated heterocycles. The molecule has 2 N–H and O–H groups in total. The lowest BCUT2D eigenvalue weighted by Gasteiger charge is -2.22. The van der Waals surface area contributed by atoms with Gasteiger partial charge in [0.25, 0.3) is 0 Å². The van der Waals surface area contributed by atoms with Crippen LogP contribution in [0.5, 0.6) is 0 Å². The summed E-state index contributed by atoms with van der Waals surface area (Å²) in [6.07, 6.45) is 8.51. The molecule has 0 bridgehead atoms. The average molecular weight is 352 g/mol. The van der Waals surface area contributed by atoms with Gasteiger partial charge in [-0.1, -0.05) is 0 Å². The van der Waals surface area contributed by atoms with Gasteiger partial charge in [-0.05, 0) is 25.0 Å². The number of nitrogens with one attached hydrogen (secondary N) is 2. The van der Waals surface area contributed by atoms with Crippen molar-refractivity contribution in [2.24, 2.45) is 0 Å². The van der Waals surface area contributed by atoms with Crippen molar-refractivity contribution in [2.45, 2.75) is 18.9 Å². The van der Waals surface area contributed by atoms with Gasteiger partial charge in [-0.3, -0.25) is 4.40 Å². The lowest BCUT2D eigenvalue weighted by molar-refractivity contribution is 0.0903. The molecule has 1 fully saturated rings. The molecule has 5 heterocycles. The first-order valence-electron chi connectivity index (χ1n) is 8.59. The van der Waals surface area contributed by atoms with E-state index in [-0.39, 0.29) is 5.95 Å². The zero-order valence-corrected chi connectivity index (χ0v) is 13.9. The molecule has 0 radical (unpaired) electrons. The van der Waals surface area contributed by atoms with E-state index in [1.54, 1.807) is 18.5 Å². The minimum absolute atomic E-state index is 0.335. The summed E-state index contributed by atoms with van der Waals surface area (Å²) in [5.41, 5.74) is 3.11. The van der Waals surface area contributed by atoms with Crippen molar-refractivity contribution in [3.63, 3.8) is 0 Å². The molecule has 132 valence electrons. The van der Waals surface area contributed by atoms with Crippen molar-refractivity contribution >= 4 is 22.6 Å². The molecule has 0 amide bonds. The first-order valence-corrected chi connectivity index (χ1v) is 8.59. The second-order valence-corrected chi connectivity index (χ2v) is 6.42. The van der Waals surface area contributed by atoms with Crippen molar-refractivity contribution in [1.29, 1.82) is 0 Å². The summed E-state index contributed by atoms with van der Waals surface area (Å²) in [7, 11) is 0. The molecule has 0 unspecified atom stereocenters. The maximum absolute atomic E-state index is 13.8. The van der Waals surface area contributed by atoms with Gasteiger partial charge in [0.15, 0.2) is 0 Å². The van der Waals surface area contributed by atoms with Gasteiger partial charge in [0, 0.05) is 54.4 Å². The Bertz CT molecular complexity index is 1080. The van der Waals surface area contributed by atoms with Crippen LogP contribution in [0.1, 0.15) is 12.8 Å². The highest BCUT2D eigenvalue weighted by Crippen LogP contribution is 2.28. The number of aromatic amines is 1. The molecule has 26 heavy (non-hydrogen) atoms. The highest BCUT2D eigenvalue weighted by atomic mass is 19.1. The van der Waals surface area contributed by atoms with Gasteiger partial charge < -0.3 is 15.0 Å². The van der Waals surface area contributed by atoms with Gasteiger partial charge in [0.2, 0.25) is 11.9 Å². The summed E-state index contributed by atoms with van der Waals surface area (Å²) < 4.78 is 20.6. The largest absolute Gasteiger partial charge is 0.381 e. The topological polar surface area (TPSA) is 80.1 Å². The second-order valence-electron chi connectivity index (χ2n) is 6.42. The number of hydrogen-bond donors (Lipinski definition) is 2. The summed E-state index contributed by atoms with van der Waals surface area (Å²) in [6.45, 7) is 1.53. The van der Waals surface area contributed by atoms with Crippen LogP contribution in [-0.2, 0) is 4.74 Å². The van der Waals surface area contributed by atoms with Crippen LogP contribution in [0.3, 0.4) is 0 Å². The van der Waals surface area contributed by atoms with Crippen LogP contribution in [0.25, 0.3) is 27.8 Å². The Morgan fingerprint density at radius 2 is 2.08 bits per heavy atom. The fourth-order valence-electron chi connectivity index (χ4n) is 3.35.